The standard InChI is InChI=1S/C50H88NO9P/c1-6-8-10-12-14-16-18-20-21-22-23-24-25-26-28-30-32-34-36-40-50(53)59-46(45-58-61(54,55)57-43-42-51(3,4)5)44-56-49(52)41-37-39-48-47(60-48)38-35-33-31-29-27-19-17-15-13-11-9-7-2/h14-17,20-21,27,29,33,35,46-48H,6-13,18-19,22-26,28,30-32,34,36-45H2,1-5H3/b16-14-,17-15-,21-20-,29-27-,35-33-/t46-,47?,48?/m1/s1. The van der Waals surface area contributed by atoms with E-state index in [1.807, 2.05) is 21.1 Å². The number of carbonyl (C=O) groups excluding carboxylic acids is 2. The molecule has 0 radical (unpaired) electrons. The van der Waals surface area contributed by atoms with Gasteiger partial charge >= 0.3 is 11.9 Å². The van der Waals surface area contributed by atoms with Crippen molar-refractivity contribution < 1.29 is 46.8 Å². The van der Waals surface area contributed by atoms with Crippen LogP contribution in [0.25, 0.3) is 0 Å². The van der Waals surface area contributed by atoms with Crippen LogP contribution in [-0.2, 0) is 37.4 Å². The molecule has 352 valence electrons. The van der Waals surface area contributed by atoms with Gasteiger partial charge in [0.25, 0.3) is 7.82 Å². The molecule has 1 saturated heterocycles. The molecule has 4 atom stereocenters. The van der Waals surface area contributed by atoms with Crippen LogP contribution in [0.2, 0.25) is 0 Å². The van der Waals surface area contributed by atoms with Crippen molar-refractivity contribution in [2.75, 3.05) is 47.5 Å². The zero-order chi connectivity index (χ0) is 44.7. The Morgan fingerprint density at radius 1 is 0.607 bits per heavy atom. The Kier molecular flexibility index (Phi) is 35.5. The molecule has 3 unspecified atom stereocenters. The number of hydrogen-bond acceptors (Lipinski definition) is 9. The number of hydrogen-bond donors (Lipinski definition) is 0. The first kappa shape index (κ1) is 56.7. The number of phosphoric acid groups is 1. The van der Waals surface area contributed by atoms with Crippen LogP contribution in [0.3, 0.4) is 0 Å². The minimum atomic E-state index is -4.65. The van der Waals surface area contributed by atoms with Gasteiger partial charge in [0.2, 0.25) is 0 Å². The van der Waals surface area contributed by atoms with Crippen molar-refractivity contribution in [3.8, 4) is 0 Å². The van der Waals surface area contributed by atoms with Gasteiger partial charge < -0.3 is 32.6 Å². The van der Waals surface area contributed by atoms with Crippen LogP contribution in [0.15, 0.2) is 60.8 Å². The predicted octanol–water partition coefficient (Wildman–Crippen LogP) is 12.4. The quantitative estimate of drug-likeness (QED) is 0.0147. The van der Waals surface area contributed by atoms with Crippen LogP contribution < -0.4 is 4.89 Å². The van der Waals surface area contributed by atoms with Gasteiger partial charge in [-0.15, -0.1) is 0 Å². The van der Waals surface area contributed by atoms with Gasteiger partial charge in [-0.25, -0.2) is 0 Å². The van der Waals surface area contributed by atoms with Gasteiger partial charge in [0, 0.05) is 12.8 Å². The third-order valence-electron chi connectivity index (χ3n) is 10.4. The summed E-state index contributed by atoms with van der Waals surface area (Å²) >= 11 is 0. The maximum absolute atomic E-state index is 12.7. The van der Waals surface area contributed by atoms with Crippen LogP contribution in [0.4, 0.5) is 0 Å². The number of ether oxygens (including phenoxy) is 3. The van der Waals surface area contributed by atoms with Crippen molar-refractivity contribution in [1.29, 1.82) is 0 Å². The molecule has 0 aromatic carbocycles. The van der Waals surface area contributed by atoms with Crippen molar-refractivity contribution in [3.05, 3.63) is 60.8 Å². The van der Waals surface area contributed by atoms with Crippen molar-refractivity contribution >= 4 is 19.8 Å². The van der Waals surface area contributed by atoms with Gasteiger partial charge in [0.15, 0.2) is 6.10 Å². The number of carbonyl (C=O) groups is 2. The number of nitrogens with zero attached hydrogens (tertiary/aromatic N) is 1. The highest BCUT2D eigenvalue weighted by Gasteiger charge is 2.36. The first-order chi connectivity index (χ1) is 29.5. The largest absolute Gasteiger partial charge is 0.756 e. The molecule has 0 N–H and O–H groups in total. The van der Waals surface area contributed by atoms with Gasteiger partial charge in [-0.1, -0.05) is 145 Å². The summed E-state index contributed by atoms with van der Waals surface area (Å²) in [4.78, 5) is 37.8. The second-order valence-corrected chi connectivity index (χ2v) is 18.9. The van der Waals surface area contributed by atoms with E-state index in [0.29, 0.717) is 23.9 Å². The smallest absolute Gasteiger partial charge is 0.306 e. The molecule has 0 bridgehead atoms. The third kappa shape index (κ3) is 39.0. The number of rotatable bonds is 42. The molecule has 10 nitrogen and oxygen atoms in total. The molecule has 1 fully saturated rings. The summed E-state index contributed by atoms with van der Waals surface area (Å²) in [6, 6.07) is 0. The molecule has 1 heterocycles. The Hall–Kier alpha value is -2.33. The maximum Gasteiger partial charge on any atom is 0.306 e. The van der Waals surface area contributed by atoms with E-state index >= 15 is 0 Å². The summed E-state index contributed by atoms with van der Waals surface area (Å²) < 4.78 is 39.8. The lowest BCUT2D eigenvalue weighted by molar-refractivity contribution is -0.870. The second kappa shape index (κ2) is 38.2. The molecule has 1 aliphatic heterocycles. The van der Waals surface area contributed by atoms with Gasteiger partial charge in [-0.2, -0.15) is 0 Å². The summed E-state index contributed by atoms with van der Waals surface area (Å²) in [5.74, 6) is -0.917. The normalized spacial score (nSPS) is 17.3. The third-order valence-corrected chi connectivity index (χ3v) is 11.4. The lowest BCUT2D eigenvalue weighted by Crippen LogP contribution is -2.37. The molecule has 0 aromatic rings. The van der Waals surface area contributed by atoms with E-state index in [1.165, 1.54) is 83.5 Å². The van der Waals surface area contributed by atoms with Crippen LogP contribution in [0.5, 0.6) is 0 Å². The van der Waals surface area contributed by atoms with Crippen molar-refractivity contribution in [3.63, 3.8) is 0 Å². The monoisotopic (exact) mass is 878 g/mol. The first-order valence-electron chi connectivity index (χ1n) is 24.1. The summed E-state index contributed by atoms with van der Waals surface area (Å²) in [5.41, 5.74) is 0. The second-order valence-electron chi connectivity index (χ2n) is 17.5. The first-order valence-corrected chi connectivity index (χ1v) is 25.6. The van der Waals surface area contributed by atoms with E-state index in [9.17, 15) is 19.0 Å². The van der Waals surface area contributed by atoms with Crippen LogP contribution in [0, 0.1) is 0 Å². The Balaban J connectivity index is 2.30. The highest BCUT2D eigenvalue weighted by Crippen LogP contribution is 2.38. The van der Waals surface area contributed by atoms with Gasteiger partial charge in [0.05, 0.1) is 40.0 Å². The number of allylic oxidation sites excluding steroid dienone is 9. The summed E-state index contributed by atoms with van der Waals surface area (Å²) in [6.07, 6.45) is 48.3. The molecule has 1 rings (SSSR count). The molecule has 61 heavy (non-hydrogen) atoms. The molecule has 0 spiro atoms. The van der Waals surface area contributed by atoms with Crippen LogP contribution in [-0.4, -0.2) is 82.2 Å². The number of phosphoric ester groups is 1. The minimum absolute atomic E-state index is 0.0462. The average Bonchev–Trinajstić information content (AvgIpc) is 3.97. The lowest BCUT2D eigenvalue weighted by atomic mass is 10.1. The number of epoxide rings is 1. The summed E-state index contributed by atoms with van der Waals surface area (Å²) in [5, 5.41) is 0. The summed E-state index contributed by atoms with van der Waals surface area (Å²) in [6.45, 7) is 4.08. The summed E-state index contributed by atoms with van der Waals surface area (Å²) in [7, 11) is 1.11. The molecule has 0 aliphatic carbocycles. The molecule has 1 aliphatic rings. The number of quaternary nitrogens is 1. The van der Waals surface area contributed by atoms with Gasteiger partial charge in [0.1, 0.15) is 19.8 Å². The van der Waals surface area contributed by atoms with E-state index in [-0.39, 0.29) is 38.3 Å². The zero-order valence-electron chi connectivity index (χ0n) is 39.3. The Morgan fingerprint density at radius 2 is 1.10 bits per heavy atom. The van der Waals surface area contributed by atoms with Crippen LogP contribution in [0.1, 0.15) is 181 Å². The molecule has 0 aromatic heterocycles. The number of esters is 2. The van der Waals surface area contributed by atoms with Crippen molar-refractivity contribution in [2.45, 2.75) is 199 Å². The number of likely N-dealkylation sites (N-methyl/N-ethyl adjacent to an activating group) is 1. The van der Waals surface area contributed by atoms with Crippen molar-refractivity contribution in [1.82, 2.24) is 0 Å². The average molecular weight is 878 g/mol. The lowest BCUT2D eigenvalue weighted by Gasteiger charge is -2.28. The molecule has 11 heteroatoms. The maximum atomic E-state index is 12.7. The highest BCUT2D eigenvalue weighted by molar-refractivity contribution is 7.45. The Labute approximate surface area is 372 Å². The molecule has 0 amide bonds. The van der Waals surface area contributed by atoms with E-state index in [2.05, 4.69) is 74.6 Å². The van der Waals surface area contributed by atoms with Crippen LogP contribution >= 0.6 is 7.82 Å². The fourth-order valence-corrected chi connectivity index (χ4v) is 7.26. The fraction of sp³-hybridized carbons (Fsp3) is 0.760. The Morgan fingerprint density at radius 3 is 1.66 bits per heavy atom. The van der Waals surface area contributed by atoms with Gasteiger partial charge in [-0.3, -0.25) is 14.2 Å². The molecular weight excluding hydrogens is 790 g/mol. The molecular formula is C50H88NO9P. The minimum Gasteiger partial charge on any atom is -0.756 e. The van der Waals surface area contributed by atoms with E-state index in [4.69, 9.17) is 23.3 Å². The number of unbranched alkanes of at least 4 members (excludes halogenated alkanes) is 15. The SMILES string of the molecule is CCCCC/C=C\C/C=C\C/C=C\CC1OC1CCCC(=O)OC[C@H](COP(=O)([O-])OCC[N+](C)(C)C)OC(=O)CCCCCCCCCCC/C=C\C/C=C\CCCCC. The van der Waals surface area contributed by atoms with Crippen molar-refractivity contribution in [2.24, 2.45) is 0 Å². The fourth-order valence-electron chi connectivity index (χ4n) is 6.54. The van der Waals surface area contributed by atoms with E-state index < -0.39 is 32.5 Å². The predicted molar refractivity (Wildman–Crippen MR) is 249 cm³/mol. The Bertz CT molecular complexity index is 1290. The van der Waals surface area contributed by atoms with E-state index in [1.54, 1.807) is 0 Å². The zero-order valence-corrected chi connectivity index (χ0v) is 40.2. The topological polar surface area (TPSA) is 124 Å². The highest BCUT2D eigenvalue weighted by atomic mass is 31.2. The van der Waals surface area contributed by atoms with E-state index in [0.717, 1.165) is 57.8 Å². The van der Waals surface area contributed by atoms with Gasteiger partial charge in [-0.05, 0) is 83.5 Å². The molecule has 0 saturated carbocycles.